The van der Waals surface area contributed by atoms with Crippen LogP contribution < -0.4 is 5.11 Å². The van der Waals surface area contributed by atoms with Crippen molar-refractivity contribution < 1.29 is 10.0 Å². The second-order valence-corrected chi connectivity index (χ2v) is 2.01. The molecule has 0 fully saturated rings. The van der Waals surface area contributed by atoms with Crippen LogP contribution in [0.15, 0.2) is 18.2 Å². The van der Waals surface area contributed by atoms with E-state index in [-0.39, 0.29) is 5.69 Å². The van der Waals surface area contributed by atoms with Gasteiger partial charge >= 0.3 is 5.69 Å². The summed E-state index contributed by atoms with van der Waals surface area (Å²) in [6.45, 7) is 0. The van der Waals surface area contributed by atoms with Gasteiger partial charge in [-0.05, 0) is 5.75 Å². The van der Waals surface area contributed by atoms with Gasteiger partial charge in [0, 0.05) is 6.07 Å². The summed E-state index contributed by atoms with van der Waals surface area (Å²) in [5.74, 6) is -0.701. The van der Waals surface area contributed by atoms with Crippen LogP contribution in [0, 0.1) is 15.5 Å². The highest BCUT2D eigenvalue weighted by atomic mass is 16.6. The number of nitro groups is 1. The Kier molecular flexibility index (Phi) is 1.88. The van der Waals surface area contributed by atoms with Crippen molar-refractivity contribution in [1.82, 2.24) is 0 Å². The van der Waals surface area contributed by atoms with Crippen LogP contribution in [0.4, 0.5) is 11.4 Å². The summed E-state index contributed by atoms with van der Waals surface area (Å²) >= 11 is 0. The maximum Gasteiger partial charge on any atom is 0.391 e. The Balaban J connectivity index is 3.28. The first-order valence-electron chi connectivity index (χ1n) is 2.95. The summed E-state index contributed by atoms with van der Waals surface area (Å²) in [7, 11) is 0. The quantitative estimate of drug-likeness (QED) is 0.354. The summed E-state index contributed by atoms with van der Waals surface area (Å²) in [5.41, 5.74) is -0.605. The summed E-state index contributed by atoms with van der Waals surface area (Å²) in [5, 5.41) is 29.2. The number of hydrogen-bond acceptors (Lipinski definition) is 4. The van der Waals surface area contributed by atoms with Crippen LogP contribution in [0.25, 0.3) is 4.98 Å². The van der Waals surface area contributed by atoms with Crippen molar-refractivity contribution in [3.8, 4) is 5.75 Å². The lowest BCUT2D eigenvalue weighted by Gasteiger charge is -2.01. The lowest BCUT2D eigenvalue weighted by atomic mass is 10.2. The molecule has 0 heterocycles. The van der Waals surface area contributed by atoms with Crippen molar-refractivity contribution in [2.24, 2.45) is 0 Å². The van der Waals surface area contributed by atoms with Crippen LogP contribution in [0.3, 0.4) is 0 Å². The Morgan fingerprint density at radius 2 is 2.17 bits per heavy atom. The van der Waals surface area contributed by atoms with Gasteiger partial charge in [-0.3, -0.25) is 10.1 Å². The first-order chi connectivity index (χ1) is 5.65. The van der Waals surface area contributed by atoms with Crippen molar-refractivity contribution in [3.63, 3.8) is 0 Å². The number of benzene rings is 1. The molecule has 6 nitrogen and oxygen atoms in total. The van der Waals surface area contributed by atoms with E-state index in [1.54, 1.807) is 0 Å². The second-order valence-electron chi connectivity index (χ2n) is 2.01. The number of rotatable bonds is 1. The fourth-order valence-corrected chi connectivity index (χ4v) is 0.711. The van der Waals surface area contributed by atoms with Gasteiger partial charge in [-0.2, -0.15) is 0 Å². The Morgan fingerprint density at radius 3 is 2.67 bits per heavy atom. The van der Waals surface area contributed by atoms with Crippen LogP contribution in [0.5, 0.6) is 5.75 Å². The number of hydrogen-bond donors (Lipinski definition) is 0. The molecule has 0 amide bonds. The molecule has 0 aliphatic rings. The molecule has 0 radical (unpaired) electrons. The predicted molar refractivity (Wildman–Crippen MR) is 37.3 cm³/mol. The van der Waals surface area contributed by atoms with E-state index in [2.05, 4.69) is 4.98 Å². The van der Waals surface area contributed by atoms with Crippen molar-refractivity contribution >= 4 is 11.4 Å². The minimum absolute atomic E-state index is 0.0127. The van der Waals surface area contributed by atoms with Crippen LogP contribution >= 0.6 is 0 Å². The first kappa shape index (κ1) is 7.94. The highest BCUT2D eigenvalue weighted by molar-refractivity contribution is 5.57. The molecule has 6 heteroatoms. The second kappa shape index (κ2) is 2.84. The normalized spacial score (nSPS) is 8.92. The monoisotopic (exact) mass is 165 g/mol. The lowest BCUT2D eigenvalue weighted by Crippen LogP contribution is -1.96. The van der Waals surface area contributed by atoms with Crippen LogP contribution in [0.2, 0.25) is 0 Å². The summed E-state index contributed by atoms with van der Waals surface area (Å²) in [6.07, 6.45) is 0. The van der Waals surface area contributed by atoms with Crippen molar-refractivity contribution in [2.45, 2.75) is 0 Å². The Morgan fingerprint density at radius 1 is 1.50 bits per heavy atom. The molecule has 0 aromatic heterocycles. The van der Waals surface area contributed by atoms with Gasteiger partial charge < -0.3 is 5.11 Å². The van der Waals surface area contributed by atoms with Gasteiger partial charge in [-0.25, -0.2) is 0 Å². The summed E-state index contributed by atoms with van der Waals surface area (Å²) < 4.78 is 0. The zero-order valence-electron chi connectivity index (χ0n) is 5.80. The van der Waals surface area contributed by atoms with Gasteiger partial charge in [0.15, 0.2) is 4.98 Å². The van der Waals surface area contributed by atoms with Crippen molar-refractivity contribution in [2.75, 3.05) is 0 Å². The van der Waals surface area contributed by atoms with E-state index in [0.29, 0.717) is 0 Å². The minimum Gasteiger partial charge on any atom is -0.868 e. The molecular formula is C6H3N3O3. The SMILES string of the molecule is N#[N+]c1ccc([O-])c([N+](=O)[O-])c1. The summed E-state index contributed by atoms with van der Waals surface area (Å²) in [4.78, 5) is 12.1. The van der Waals surface area contributed by atoms with Gasteiger partial charge in [0.2, 0.25) is 5.39 Å². The molecule has 0 saturated carbocycles. The zero-order valence-corrected chi connectivity index (χ0v) is 5.80. The third-order valence-electron chi connectivity index (χ3n) is 1.25. The maximum atomic E-state index is 10.8. The highest BCUT2D eigenvalue weighted by Gasteiger charge is 2.13. The highest BCUT2D eigenvalue weighted by Crippen LogP contribution is 2.27. The average Bonchev–Trinajstić information content (AvgIpc) is 2.05. The fraction of sp³-hybridized carbons (Fsp3) is 0. The first-order valence-corrected chi connectivity index (χ1v) is 2.95. The molecule has 0 saturated heterocycles. The largest absolute Gasteiger partial charge is 0.868 e. The van der Waals surface area contributed by atoms with E-state index in [0.717, 1.165) is 12.1 Å². The minimum atomic E-state index is -0.822. The van der Waals surface area contributed by atoms with Gasteiger partial charge in [0.25, 0.3) is 5.69 Å². The Bertz CT molecular complexity index is 369. The van der Waals surface area contributed by atoms with Crippen LogP contribution in [-0.2, 0) is 0 Å². The van der Waals surface area contributed by atoms with Crippen molar-refractivity contribution in [1.29, 1.82) is 5.39 Å². The van der Waals surface area contributed by atoms with E-state index in [1.165, 1.54) is 6.07 Å². The topological polar surface area (TPSA) is 94.3 Å². The molecule has 0 atom stereocenters. The fourth-order valence-electron chi connectivity index (χ4n) is 0.711. The van der Waals surface area contributed by atoms with E-state index in [4.69, 9.17) is 5.39 Å². The lowest BCUT2D eigenvalue weighted by molar-refractivity contribution is -0.398. The average molecular weight is 165 g/mol. The molecule has 0 aliphatic carbocycles. The molecule has 0 N–H and O–H groups in total. The molecule has 1 aromatic carbocycles. The van der Waals surface area contributed by atoms with E-state index >= 15 is 0 Å². The Hall–Kier alpha value is -2.16. The van der Waals surface area contributed by atoms with Gasteiger partial charge in [-0.15, -0.1) is 0 Å². The van der Waals surface area contributed by atoms with Crippen LogP contribution in [-0.4, -0.2) is 4.92 Å². The van der Waals surface area contributed by atoms with Gasteiger partial charge in [0.05, 0.1) is 4.92 Å². The van der Waals surface area contributed by atoms with Gasteiger partial charge in [-0.1, -0.05) is 6.07 Å². The van der Waals surface area contributed by atoms with E-state index in [1.807, 2.05) is 0 Å². The maximum absolute atomic E-state index is 10.8. The summed E-state index contributed by atoms with van der Waals surface area (Å²) in [6, 6.07) is 3.07. The number of diazo groups is 1. The zero-order chi connectivity index (χ0) is 9.14. The van der Waals surface area contributed by atoms with E-state index < -0.39 is 16.4 Å². The third-order valence-corrected chi connectivity index (χ3v) is 1.25. The molecule has 12 heavy (non-hydrogen) atoms. The smallest absolute Gasteiger partial charge is 0.391 e. The van der Waals surface area contributed by atoms with Crippen molar-refractivity contribution in [3.05, 3.63) is 33.3 Å². The van der Waals surface area contributed by atoms with Gasteiger partial charge in [0.1, 0.15) is 6.07 Å². The van der Waals surface area contributed by atoms with E-state index in [9.17, 15) is 15.2 Å². The molecule has 0 spiro atoms. The molecular weight excluding hydrogens is 162 g/mol. The standard InChI is InChI=1S/C6H3N3O3/c7-8-4-1-2-6(10)5(3-4)9(11)12/h1-3H. The number of nitro benzene ring substituents is 1. The molecule has 0 bridgehead atoms. The predicted octanol–water partition coefficient (Wildman–Crippen LogP) is 1.15. The third kappa shape index (κ3) is 1.29. The molecule has 1 aromatic rings. The molecule has 1 rings (SSSR count). The van der Waals surface area contributed by atoms with Crippen LogP contribution in [0.1, 0.15) is 0 Å². The molecule has 60 valence electrons. The number of nitrogens with zero attached hydrogens (tertiary/aromatic N) is 3. The molecule has 0 unspecified atom stereocenters. The Labute approximate surface area is 66.8 Å². The molecule has 0 aliphatic heterocycles.